The van der Waals surface area contributed by atoms with Crippen LogP contribution in [-0.4, -0.2) is 36.8 Å². The summed E-state index contributed by atoms with van der Waals surface area (Å²) in [6.07, 6.45) is 2.83. The quantitative estimate of drug-likeness (QED) is 0.354. The van der Waals surface area contributed by atoms with Gasteiger partial charge in [0.05, 0.1) is 12.3 Å². The first-order valence-corrected chi connectivity index (χ1v) is 14.6. The van der Waals surface area contributed by atoms with E-state index in [1.807, 2.05) is 93.6 Å². The maximum absolute atomic E-state index is 13.0. The van der Waals surface area contributed by atoms with Crippen molar-refractivity contribution in [1.29, 1.82) is 0 Å². The maximum atomic E-state index is 13.0. The summed E-state index contributed by atoms with van der Waals surface area (Å²) < 4.78 is 11.4. The van der Waals surface area contributed by atoms with Crippen molar-refractivity contribution >= 4 is 24.8 Å². The number of benzene rings is 2. The van der Waals surface area contributed by atoms with Gasteiger partial charge < -0.3 is 18.8 Å². The zero-order chi connectivity index (χ0) is 26.6. The minimum atomic E-state index is -3.11. The van der Waals surface area contributed by atoms with Crippen molar-refractivity contribution in [2.45, 2.75) is 71.1 Å². The highest BCUT2D eigenvalue weighted by Gasteiger charge is 2.50. The fourth-order valence-corrected chi connectivity index (χ4v) is 8.75. The smallest absolute Gasteiger partial charge is 0.410 e. The summed E-state index contributed by atoms with van der Waals surface area (Å²) in [5.74, 6) is 0.796. The predicted octanol–water partition coefficient (Wildman–Crippen LogP) is 6.14. The van der Waals surface area contributed by atoms with Crippen molar-refractivity contribution in [3.05, 3.63) is 84.8 Å². The molecule has 0 saturated carbocycles. The Kier molecular flexibility index (Phi) is 8.52. The van der Waals surface area contributed by atoms with Crippen molar-refractivity contribution in [3.8, 4) is 0 Å². The third-order valence-electron chi connectivity index (χ3n) is 7.06. The Balaban J connectivity index is 1.89. The number of carbonyl (C=O) groups excluding carboxylic acids is 1. The second-order valence-corrected chi connectivity index (χ2v) is 15.3. The highest BCUT2D eigenvalue weighted by molar-refractivity contribution is 6.98. The van der Waals surface area contributed by atoms with E-state index in [1.54, 1.807) is 18.2 Å². The molecule has 6 heteroatoms. The zero-order valence-electron chi connectivity index (χ0n) is 22.7. The molecule has 194 valence electrons. The SMILES string of the molecule is CC(CCC(C)(C)[Si](O)(c1ccccc1)c1ccccc1)[C@@H](c1ccco1)N(C)C(=O)OC(C)(C)C. The lowest BCUT2D eigenvalue weighted by molar-refractivity contribution is 0.0134. The van der Waals surface area contributed by atoms with Gasteiger partial charge in [-0.05, 0) is 67.1 Å². The first kappa shape index (κ1) is 27.7. The molecule has 1 N–H and O–H groups in total. The molecule has 3 rings (SSSR count). The number of amides is 1. The van der Waals surface area contributed by atoms with Gasteiger partial charge in [0.2, 0.25) is 0 Å². The number of furan rings is 1. The van der Waals surface area contributed by atoms with Gasteiger partial charge in [-0.2, -0.15) is 0 Å². The van der Waals surface area contributed by atoms with Crippen molar-refractivity contribution in [2.75, 3.05) is 7.05 Å². The van der Waals surface area contributed by atoms with E-state index in [1.165, 1.54) is 0 Å². The third kappa shape index (κ3) is 6.10. The van der Waals surface area contributed by atoms with Gasteiger partial charge in [0.1, 0.15) is 11.4 Å². The van der Waals surface area contributed by atoms with Crippen LogP contribution in [0.2, 0.25) is 5.04 Å². The molecule has 2 aromatic carbocycles. The Morgan fingerprint density at radius 3 is 1.92 bits per heavy atom. The van der Waals surface area contributed by atoms with Crippen LogP contribution in [0.4, 0.5) is 4.79 Å². The van der Waals surface area contributed by atoms with E-state index >= 15 is 0 Å². The van der Waals surface area contributed by atoms with Crippen LogP contribution < -0.4 is 10.4 Å². The number of rotatable bonds is 9. The minimum Gasteiger partial charge on any atom is -0.467 e. The largest absolute Gasteiger partial charge is 0.467 e. The van der Waals surface area contributed by atoms with E-state index in [0.717, 1.165) is 29.0 Å². The lowest BCUT2D eigenvalue weighted by Crippen LogP contribution is -2.65. The van der Waals surface area contributed by atoms with Gasteiger partial charge in [0.15, 0.2) is 0 Å². The van der Waals surface area contributed by atoms with Gasteiger partial charge in [0.25, 0.3) is 8.32 Å². The van der Waals surface area contributed by atoms with Gasteiger partial charge in [-0.25, -0.2) is 4.79 Å². The molecule has 1 aromatic heterocycles. The minimum absolute atomic E-state index is 0.0674. The highest BCUT2D eigenvalue weighted by Crippen LogP contribution is 2.43. The number of hydrogen-bond donors (Lipinski definition) is 1. The standard InChI is InChI=1S/C30H41NO4Si/c1-23(27(26-19-14-22-34-26)31(7)28(32)35-29(2,3)4)20-21-30(5,6)36(33,24-15-10-8-11-16-24)25-17-12-9-13-18-25/h8-19,22-23,27,33H,20-21H2,1-7H3/t23?,27-/m0/s1. The molecule has 2 atom stereocenters. The molecule has 0 spiro atoms. The van der Waals surface area contributed by atoms with E-state index in [0.29, 0.717) is 0 Å². The highest BCUT2D eigenvalue weighted by atomic mass is 28.4. The molecular weight excluding hydrogens is 466 g/mol. The summed E-state index contributed by atoms with van der Waals surface area (Å²) in [4.78, 5) is 27.1. The monoisotopic (exact) mass is 507 g/mol. The van der Waals surface area contributed by atoms with Gasteiger partial charge in [-0.15, -0.1) is 0 Å². The van der Waals surface area contributed by atoms with E-state index in [4.69, 9.17) is 9.15 Å². The predicted molar refractivity (Wildman–Crippen MR) is 148 cm³/mol. The Hall–Kier alpha value is -2.83. The van der Waals surface area contributed by atoms with Crippen LogP contribution in [0.3, 0.4) is 0 Å². The number of hydrogen-bond acceptors (Lipinski definition) is 4. The molecule has 3 aromatic rings. The third-order valence-corrected chi connectivity index (χ3v) is 11.6. The van der Waals surface area contributed by atoms with E-state index in [9.17, 15) is 9.59 Å². The van der Waals surface area contributed by atoms with Crippen molar-refractivity contribution in [2.24, 2.45) is 5.92 Å². The molecule has 5 nitrogen and oxygen atoms in total. The Bertz CT molecular complexity index is 1050. The van der Waals surface area contributed by atoms with Crippen LogP contribution in [0.1, 0.15) is 66.2 Å². The van der Waals surface area contributed by atoms with E-state index in [2.05, 4.69) is 20.8 Å². The normalized spacial score (nSPS) is 14.2. The molecule has 0 aliphatic rings. The molecule has 0 aliphatic carbocycles. The topological polar surface area (TPSA) is 62.9 Å². The zero-order valence-corrected chi connectivity index (χ0v) is 23.7. The van der Waals surface area contributed by atoms with Crippen LogP contribution in [0.15, 0.2) is 83.5 Å². The summed E-state index contributed by atoms with van der Waals surface area (Å²) >= 11 is 0. The van der Waals surface area contributed by atoms with Crippen LogP contribution in [0.25, 0.3) is 0 Å². The van der Waals surface area contributed by atoms with Crippen molar-refractivity contribution in [1.82, 2.24) is 4.90 Å². The number of ether oxygens (including phenoxy) is 1. The fourth-order valence-electron chi connectivity index (χ4n) is 4.99. The second-order valence-electron chi connectivity index (χ2n) is 11.4. The first-order chi connectivity index (χ1) is 16.9. The van der Waals surface area contributed by atoms with Crippen molar-refractivity contribution < 1.29 is 18.7 Å². The summed E-state index contributed by atoms with van der Waals surface area (Å²) in [5, 5.41) is 1.63. The average molecular weight is 508 g/mol. The van der Waals surface area contributed by atoms with Crippen LogP contribution in [-0.2, 0) is 4.74 Å². The fraction of sp³-hybridized carbons (Fsp3) is 0.433. The molecule has 0 aliphatic heterocycles. The lowest BCUT2D eigenvalue weighted by Gasteiger charge is -2.42. The van der Waals surface area contributed by atoms with Gasteiger partial charge in [0, 0.05) is 7.05 Å². The molecule has 0 bridgehead atoms. The molecule has 1 unspecified atom stereocenters. The van der Waals surface area contributed by atoms with E-state index < -0.39 is 13.9 Å². The van der Waals surface area contributed by atoms with E-state index in [-0.39, 0.29) is 23.1 Å². The summed E-state index contributed by atoms with van der Waals surface area (Å²) in [7, 11) is -1.34. The summed E-state index contributed by atoms with van der Waals surface area (Å²) in [6.45, 7) is 12.1. The van der Waals surface area contributed by atoms with Gasteiger partial charge in [-0.1, -0.05) is 81.4 Å². The molecule has 0 radical (unpaired) electrons. The summed E-state index contributed by atoms with van der Waals surface area (Å²) in [6, 6.07) is 23.6. The molecule has 0 saturated heterocycles. The van der Waals surface area contributed by atoms with Gasteiger partial charge >= 0.3 is 6.09 Å². The van der Waals surface area contributed by atoms with Gasteiger partial charge in [-0.3, -0.25) is 0 Å². The molecule has 1 heterocycles. The Morgan fingerprint density at radius 1 is 0.944 bits per heavy atom. The molecular formula is C30H41NO4Si. The van der Waals surface area contributed by atoms with Crippen molar-refractivity contribution in [3.63, 3.8) is 0 Å². The lowest BCUT2D eigenvalue weighted by atomic mass is 9.90. The van der Waals surface area contributed by atoms with Crippen LogP contribution >= 0.6 is 0 Å². The van der Waals surface area contributed by atoms with Crippen LogP contribution in [0.5, 0.6) is 0 Å². The van der Waals surface area contributed by atoms with Crippen LogP contribution in [0, 0.1) is 5.92 Å². The Morgan fingerprint density at radius 2 is 1.47 bits per heavy atom. The summed E-state index contributed by atoms with van der Waals surface area (Å²) in [5.41, 5.74) is -0.586. The number of nitrogens with zero attached hydrogens (tertiary/aromatic N) is 1. The molecule has 36 heavy (non-hydrogen) atoms. The molecule has 1 amide bonds. The second kappa shape index (κ2) is 11.1. The molecule has 0 fully saturated rings. The average Bonchev–Trinajstić information content (AvgIpc) is 3.36. The first-order valence-electron chi connectivity index (χ1n) is 12.7. The maximum Gasteiger partial charge on any atom is 0.410 e. The Labute approximate surface area is 217 Å². The number of carbonyl (C=O) groups is 1.